The van der Waals surface area contributed by atoms with Gasteiger partial charge in [0.15, 0.2) is 6.61 Å². The summed E-state index contributed by atoms with van der Waals surface area (Å²) in [5, 5.41) is 14.0. The number of hydrogen-bond acceptors (Lipinski definition) is 5. The molecule has 1 amide bonds. The van der Waals surface area contributed by atoms with Crippen molar-refractivity contribution in [3.05, 3.63) is 63.2 Å². The van der Waals surface area contributed by atoms with Gasteiger partial charge in [-0.1, -0.05) is 11.6 Å². The summed E-state index contributed by atoms with van der Waals surface area (Å²) in [6.07, 6.45) is -4.58. The highest BCUT2D eigenvalue weighted by molar-refractivity contribution is 6.30. The van der Waals surface area contributed by atoms with Gasteiger partial charge in [-0.05, 0) is 36.4 Å². The maximum absolute atomic E-state index is 12.2. The van der Waals surface area contributed by atoms with Crippen LogP contribution in [0.1, 0.15) is 10.4 Å². The van der Waals surface area contributed by atoms with Crippen molar-refractivity contribution in [2.45, 2.75) is 6.18 Å². The molecule has 0 saturated heterocycles. The van der Waals surface area contributed by atoms with E-state index in [1.807, 2.05) is 0 Å². The molecule has 2 rings (SSSR count). The molecule has 0 atom stereocenters. The van der Waals surface area contributed by atoms with E-state index in [9.17, 15) is 28.1 Å². The summed E-state index contributed by atoms with van der Waals surface area (Å²) in [5.41, 5.74) is -0.980. The molecule has 0 aliphatic rings. The molecule has 1 N–H and O–H groups in total. The molecule has 28 heavy (non-hydrogen) atoms. The molecular formula is C17H14ClF3N2O5. The molecule has 0 fully saturated rings. The standard InChI is InChI=1S/C17H14ClF3N2O5/c18-11-1-3-12(4-2-11)27-8-7-22-16(24)14-9-13(28-10-17(19,20)21)5-6-15(14)23(25)26/h1-6,9H,7-8,10H2,(H,22,24). The predicted molar refractivity (Wildman–Crippen MR) is 93.9 cm³/mol. The van der Waals surface area contributed by atoms with Crippen LogP contribution < -0.4 is 14.8 Å². The van der Waals surface area contributed by atoms with Gasteiger partial charge in [0.1, 0.15) is 23.7 Å². The summed E-state index contributed by atoms with van der Waals surface area (Å²) in [6.45, 7) is -1.52. The van der Waals surface area contributed by atoms with Crippen molar-refractivity contribution in [3.63, 3.8) is 0 Å². The van der Waals surface area contributed by atoms with E-state index < -0.39 is 34.9 Å². The Hall–Kier alpha value is -3.01. The fraction of sp³-hybridized carbons (Fsp3) is 0.235. The second kappa shape index (κ2) is 9.27. The highest BCUT2D eigenvalue weighted by Gasteiger charge is 2.29. The third-order valence-corrected chi connectivity index (χ3v) is 3.53. The van der Waals surface area contributed by atoms with Crippen LogP contribution in [-0.4, -0.2) is 36.8 Å². The van der Waals surface area contributed by atoms with Gasteiger partial charge in [0.05, 0.1) is 11.5 Å². The molecule has 0 saturated carbocycles. The van der Waals surface area contributed by atoms with Crippen LogP contribution in [0, 0.1) is 10.1 Å². The number of nitro benzene ring substituents is 1. The summed E-state index contributed by atoms with van der Waals surface area (Å²) in [5.74, 6) is -0.651. The molecule has 7 nitrogen and oxygen atoms in total. The van der Waals surface area contributed by atoms with Crippen molar-refractivity contribution in [3.8, 4) is 11.5 Å². The first-order chi connectivity index (χ1) is 13.2. The van der Waals surface area contributed by atoms with E-state index in [0.717, 1.165) is 18.2 Å². The number of nitrogens with zero attached hydrogens (tertiary/aromatic N) is 1. The number of rotatable bonds is 8. The number of hydrogen-bond donors (Lipinski definition) is 1. The average molecular weight is 419 g/mol. The lowest BCUT2D eigenvalue weighted by Crippen LogP contribution is -2.28. The number of carbonyl (C=O) groups is 1. The number of halogens is 4. The zero-order chi connectivity index (χ0) is 20.7. The van der Waals surface area contributed by atoms with E-state index in [1.54, 1.807) is 24.3 Å². The summed E-state index contributed by atoms with van der Waals surface area (Å²) in [7, 11) is 0. The van der Waals surface area contributed by atoms with E-state index >= 15 is 0 Å². The quantitative estimate of drug-likeness (QED) is 0.397. The first-order valence-corrected chi connectivity index (χ1v) is 8.18. The fourth-order valence-corrected chi connectivity index (χ4v) is 2.20. The van der Waals surface area contributed by atoms with Crippen molar-refractivity contribution in [2.24, 2.45) is 0 Å². The highest BCUT2D eigenvalue weighted by atomic mass is 35.5. The third kappa shape index (κ3) is 6.62. The van der Waals surface area contributed by atoms with Gasteiger partial charge in [0.25, 0.3) is 11.6 Å². The van der Waals surface area contributed by atoms with Gasteiger partial charge in [0.2, 0.25) is 0 Å². The third-order valence-electron chi connectivity index (χ3n) is 3.28. The Kier molecular flexibility index (Phi) is 7.05. The normalized spacial score (nSPS) is 11.0. The molecule has 0 spiro atoms. The van der Waals surface area contributed by atoms with Crippen molar-refractivity contribution < 1.29 is 32.4 Å². The fourth-order valence-electron chi connectivity index (χ4n) is 2.07. The Balaban J connectivity index is 1.99. The largest absolute Gasteiger partial charge is 0.492 e. The van der Waals surface area contributed by atoms with Crippen molar-refractivity contribution in [1.82, 2.24) is 5.32 Å². The number of nitro groups is 1. The van der Waals surface area contributed by atoms with Gasteiger partial charge < -0.3 is 14.8 Å². The molecule has 0 bridgehead atoms. The van der Waals surface area contributed by atoms with Gasteiger partial charge in [0, 0.05) is 11.1 Å². The molecule has 0 heterocycles. The predicted octanol–water partition coefficient (Wildman–Crippen LogP) is 4.00. The van der Waals surface area contributed by atoms with Crippen molar-refractivity contribution in [1.29, 1.82) is 0 Å². The number of nitrogens with one attached hydrogen (secondary N) is 1. The van der Waals surface area contributed by atoms with Crippen molar-refractivity contribution >= 4 is 23.2 Å². The first-order valence-electron chi connectivity index (χ1n) is 7.80. The SMILES string of the molecule is O=C(NCCOc1ccc(Cl)cc1)c1cc(OCC(F)(F)F)ccc1[N+](=O)[O-]. The summed E-state index contributed by atoms with van der Waals surface area (Å²) >= 11 is 5.74. The molecule has 150 valence electrons. The second-order valence-electron chi connectivity index (χ2n) is 5.40. The van der Waals surface area contributed by atoms with E-state index in [2.05, 4.69) is 10.1 Å². The number of benzene rings is 2. The minimum absolute atomic E-state index is 0.00620. The number of carbonyl (C=O) groups excluding carboxylic acids is 1. The minimum Gasteiger partial charge on any atom is -0.492 e. The summed E-state index contributed by atoms with van der Waals surface area (Å²) in [4.78, 5) is 22.5. The van der Waals surface area contributed by atoms with E-state index in [4.69, 9.17) is 16.3 Å². The molecule has 2 aromatic carbocycles. The van der Waals surface area contributed by atoms with Crippen molar-refractivity contribution in [2.75, 3.05) is 19.8 Å². The zero-order valence-electron chi connectivity index (χ0n) is 14.2. The minimum atomic E-state index is -4.58. The smallest absolute Gasteiger partial charge is 0.422 e. The van der Waals surface area contributed by atoms with Gasteiger partial charge in [-0.3, -0.25) is 14.9 Å². The first kappa shape index (κ1) is 21.3. The van der Waals surface area contributed by atoms with Crippen LogP contribution in [0.15, 0.2) is 42.5 Å². The highest BCUT2D eigenvalue weighted by Crippen LogP contribution is 2.26. The Morgan fingerprint density at radius 3 is 2.36 bits per heavy atom. The Morgan fingerprint density at radius 1 is 1.11 bits per heavy atom. The summed E-state index contributed by atoms with van der Waals surface area (Å²) in [6, 6.07) is 9.26. The van der Waals surface area contributed by atoms with Crippen LogP contribution in [0.3, 0.4) is 0 Å². The maximum atomic E-state index is 12.2. The lowest BCUT2D eigenvalue weighted by atomic mass is 10.1. The van der Waals surface area contributed by atoms with Gasteiger partial charge in [-0.15, -0.1) is 0 Å². The van der Waals surface area contributed by atoms with Crippen LogP contribution in [0.2, 0.25) is 5.02 Å². The molecule has 0 unspecified atom stereocenters. The van der Waals surface area contributed by atoms with Gasteiger partial charge in [-0.25, -0.2) is 0 Å². The van der Waals surface area contributed by atoms with Gasteiger partial charge in [-0.2, -0.15) is 13.2 Å². The molecule has 0 aliphatic heterocycles. The number of alkyl halides is 3. The Morgan fingerprint density at radius 2 is 1.75 bits per heavy atom. The van der Waals surface area contributed by atoms with Crippen LogP contribution in [0.25, 0.3) is 0 Å². The van der Waals surface area contributed by atoms with E-state index in [1.165, 1.54) is 0 Å². The van der Waals surface area contributed by atoms with Gasteiger partial charge >= 0.3 is 6.18 Å². The van der Waals surface area contributed by atoms with E-state index in [-0.39, 0.29) is 18.9 Å². The van der Waals surface area contributed by atoms with Crippen LogP contribution in [0.5, 0.6) is 11.5 Å². The van der Waals surface area contributed by atoms with E-state index in [0.29, 0.717) is 10.8 Å². The molecule has 11 heteroatoms. The van der Waals surface area contributed by atoms with Crippen LogP contribution >= 0.6 is 11.6 Å². The molecule has 0 radical (unpaired) electrons. The number of ether oxygens (including phenoxy) is 2. The Labute approximate surface area is 162 Å². The monoisotopic (exact) mass is 418 g/mol. The zero-order valence-corrected chi connectivity index (χ0v) is 14.9. The van der Waals surface area contributed by atoms with Crippen LogP contribution in [0.4, 0.5) is 18.9 Å². The van der Waals surface area contributed by atoms with Crippen LogP contribution in [-0.2, 0) is 0 Å². The number of amides is 1. The lowest BCUT2D eigenvalue weighted by Gasteiger charge is -2.11. The Bertz CT molecular complexity index is 844. The molecular weight excluding hydrogens is 405 g/mol. The second-order valence-corrected chi connectivity index (χ2v) is 5.83. The molecule has 2 aromatic rings. The molecule has 0 aromatic heterocycles. The average Bonchev–Trinajstić information content (AvgIpc) is 2.64. The lowest BCUT2D eigenvalue weighted by molar-refractivity contribution is -0.385. The topological polar surface area (TPSA) is 90.7 Å². The maximum Gasteiger partial charge on any atom is 0.422 e. The molecule has 0 aliphatic carbocycles. The summed E-state index contributed by atoms with van der Waals surface area (Å²) < 4.78 is 46.6.